The summed E-state index contributed by atoms with van der Waals surface area (Å²) in [6, 6.07) is 15.0. The number of aromatic nitrogens is 2. The molecule has 0 spiro atoms. The molecule has 2 heterocycles. The summed E-state index contributed by atoms with van der Waals surface area (Å²) in [5.41, 5.74) is 4.47. The molecule has 1 aliphatic heterocycles. The average Bonchev–Trinajstić information content (AvgIpc) is 3.33. The lowest BCUT2D eigenvalue weighted by Crippen LogP contribution is -2.46. The Labute approximate surface area is 205 Å². The van der Waals surface area contributed by atoms with E-state index < -0.39 is 6.04 Å². The molecule has 0 aliphatic carbocycles. The Morgan fingerprint density at radius 2 is 1.80 bits per heavy atom. The highest BCUT2D eigenvalue weighted by Gasteiger charge is 2.35. The van der Waals surface area contributed by atoms with Gasteiger partial charge in [-0.3, -0.25) is 4.90 Å². The van der Waals surface area contributed by atoms with Crippen LogP contribution < -0.4 is 10.1 Å². The summed E-state index contributed by atoms with van der Waals surface area (Å²) < 4.78 is 16.6. The summed E-state index contributed by atoms with van der Waals surface area (Å²) in [5.74, 6) is 1.60. The van der Waals surface area contributed by atoms with Gasteiger partial charge in [0.2, 0.25) is 5.82 Å². The molecule has 35 heavy (non-hydrogen) atoms. The molecular formula is C27H32N4O4. The average molecular weight is 477 g/mol. The van der Waals surface area contributed by atoms with Crippen LogP contribution in [0.4, 0.5) is 4.79 Å². The molecule has 0 saturated heterocycles. The molecule has 1 atom stereocenters. The second-order valence-corrected chi connectivity index (χ2v) is 8.87. The van der Waals surface area contributed by atoms with Gasteiger partial charge in [-0.1, -0.05) is 35.0 Å². The van der Waals surface area contributed by atoms with Gasteiger partial charge in [0, 0.05) is 24.4 Å². The van der Waals surface area contributed by atoms with E-state index in [0.717, 1.165) is 33.7 Å². The molecular weight excluding hydrogens is 444 g/mol. The van der Waals surface area contributed by atoms with E-state index in [4.69, 9.17) is 19.0 Å². The second kappa shape index (κ2) is 10.7. The van der Waals surface area contributed by atoms with Crippen LogP contribution in [-0.4, -0.2) is 47.4 Å². The molecule has 0 radical (unpaired) electrons. The number of hydrogen-bond acceptors (Lipinski definition) is 6. The van der Waals surface area contributed by atoms with Crippen molar-refractivity contribution in [2.45, 2.75) is 46.3 Å². The molecule has 0 bridgehead atoms. The molecule has 184 valence electrons. The maximum atomic E-state index is 13.1. The van der Waals surface area contributed by atoms with Gasteiger partial charge in [-0.05, 0) is 63.9 Å². The third-order valence-electron chi connectivity index (χ3n) is 5.99. The van der Waals surface area contributed by atoms with Gasteiger partial charge in [-0.2, -0.15) is 4.98 Å². The zero-order valence-electron chi connectivity index (χ0n) is 20.9. The molecule has 1 aliphatic rings. The second-order valence-electron chi connectivity index (χ2n) is 8.87. The quantitative estimate of drug-likeness (QED) is 0.418. The third-order valence-corrected chi connectivity index (χ3v) is 5.99. The van der Waals surface area contributed by atoms with Gasteiger partial charge in [-0.25, -0.2) is 4.79 Å². The Hall–Kier alpha value is -3.65. The number of aryl methyl sites for hydroxylation is 1. The number of ether oxygens (including phenoxy) is 2. The van der Waals surface area contributed by atoms with Gasteiger partial charge < -0.3 is 19.3 Å². The number of nitrogens with zero attached hydrogens (tertiary/aromatic N) is 3. The standard InChI is InChI=1S/C27H32N4O4/c1-17(2)34-16-6-15-31-19(4)23(24(28-27(31)32)20-9-7-18(3)8-10-20)26-29-25(30-35-26)21-11-13-22(33-5)14-12-21/h7-14,17,24H,6,15-16H2,1-5H3,(H,28,32). The molecule has 2 aromatic carbocycles. The van der Waals surface area contributed by atoms with E-state index in [2.05, 4.69) is 10.5 Å². The van der Waals surface area contributed by atoms with Crippen LogP contribution >= 0.6 is 0 Å². The Morgan fingerprint density at radius 3 is 2.46 bits per heavy atom. The summed E-state index contributed by atoms with van der Waals surface area (Å²) in [4.78, 5) is 19.5. The van der Waals surface area contributed by atoms with E-state index in [9.17, 15) is 4.79 Å². The van der Waals surface area contributed by atoms with Crippen molar-refractivity contribution in [1.29, 1.82) is 0 Å². The van der Waals surface area contributed by atoms with Crippen molar-refractivity contribution < 1.29 is 18.8 Å². The summed E-state index contributed by atoms with van der Waals surface area (Å²) in [7, 11) is 1.63. The smallest absolute Gasteiger partial charge is 0.322 e. The van der Waals surface area contributed by atoms with Crippen LogP contribution in [0.3, 0.4) is 0 Å². The molecule has 1 unspecified atom stereocenters. The van der Waals surface area contributed by atoms with Crippen LogP contribution in [0, 0.1) is 6.92 Å². The van der Waals surface area contributed by atoms with Gasteiger partial charge in [-0.15, -0.1) is 0 Å². The number of carbonyl (C=O) groups is 1. The molecule has 4 rings (SSSR count). The number of urea groups is 1. The van der Waals surface area contributed by atoms with E-state index in [1.165, 1.54) is 0 Å². The van der Waals surface area contributed by atoms with Crippen LogP contribution in [0.1, 0.15) is 50.3 Å². The molecule has 1 N–H and O–H groups in total. The Bertz CT molecular complexity index is 1180. The van der Waals surface area contributed by atoms with E-state index in [1.54, 1.807) is 12.0 Å². The molecule has 0 fully saturated rings. The van der Waals surface area contributed by atoms with E-state index >= 15 is 0 Å². The maximum absolute atomic E-state index is 13.1. The van der Waals surface area contributed by atoms with E-state index in [1.807, 2.05) is 76.2 Å². The highest BCUT2D eigenvalue weighted by atomic mass is 16.5. The Balaban J connectivity index is 1.69. The number of nitrogens with one attached hydrogen (secondary N) is 1. The van der Waals surface area contributed by atoms with Gasteiger partial charge in [0.25, 0.3) is 5.89 Å². The monoisotopic (exact) mass is 476 g/mol. The van der Waals surface area contributed by atoms with Crippen LogP contribution in [0.5, 0.6) is 5.75 Å². The zero-order valence-corrected chi connectivity index (χ0v) is 20.9. The minimum Gasteiger partial charge on any atom is -0.497 e. The summed E-state index contributed by atoms with van der Waals surface area (Å²) in [5, 5.41) is 7.36. The van der Waals surface area contributed by atoms with Gasteiger partial charge in [0.1, 0.15) is 5.75 Å². The van der Waals surface area contributed by atoms with Crippen LogP contribution in [0.15, 0.2) is 58.8 Å². The van der Waals surface area contributed by atoms with Gasteiger partial charge in [0.05, 0.1) is 24.8 Å². The number of rotatable bonds is 9. The van der Waals surface area contributed by atoms with Gasteiger partial charge in [0.15, 0.2) is 0 Å². The van der Waals surface area contributed by atoms with Crippen LogP contribution in [0.2, 0.25) is 0 Å². The highest BCUT2D eigenvalue weighted by Crippen LogP contribution is 2.37. The van der Waals surface area contributed by atoms with Crippen molar-refractivity contribution in [3.63, 3.8) is 0 Å². The first-order valence-electron chi connectivity index (χ1n) is 11.8. The molecule has 0 saturated carbocycles. The van der Waals surface area contributed by atoms with E-state index in [0.29, 0.717) is 31.3 Å². The fourth-order valence-electron chi connectivity index (χ4n) is 4.07. The van der Waals surface area contributed by atoms with Gasteiger partial charge >= 0.3 is 6.03 Å². The largest absolute Gasteiger partial charge is 0.497 e. The first-order chi connectivity index (χ1) is 16.9. The fourth-order valence-corrected chi connectivity index (χ4v) is 4.07. The lowest BCUT2D eigenvalue weighted by molar-refractivity contribution is 0.0736. The number of methoxy groups -OCH3 is 1. The molecule has 8 nitrogen and oxygen atoms in total. The minimum absolute atomic E-state index is 0.151. The lowest BCUT2D eigenvalue weighted by Gasteiger charge is -2.35. The molecule has 3 aromatic rings. The summed E-state index contributed by atoms with van der Waals surface area (Å²) >= 11 is 0. The molecule has 8 heteroatoms. The fraction of sp³-hybridized carbons (Fsp3) is 0.370. The Morgan fingerprint density at radius 1 is 1.09 bits per heavy atom. The Kier molecular flexibility index (Phi) is 7.51. The summed E-state index contributed by atoms with van der Waals surface area (Å²) in [6.45, 7) is 9.06. The normalized spacial score (nSPS) is 16.1. The molecule has 2 amide bonds. The topological polar surface area (TPSA) is 89.7 Å². The first kappa shape index (κ1) is 24.5. The van der Waals surface area contributed by atoms with Crippen molar-refractivity contribution in [3.8, 4) is 17.1 Å². The molecule has 1 aromatic heterocycles. The highest BCUT2D eigenvalue weighted by molar-refractivity contribution is 5.86. The third kappa shape index (κ3) is 5.54. The summed E-state index contributed by atoms with van der Waals surface area (Å²) in [6.07, 6.45) is 0.866. The number of allylic oxidation sites excluding steroid dienone is 1. The maximum Gasteiger partial charge on any atom is 0.322 e. The SMILES string of the molecule is COc1ccc(-c2noc(C3=C(C)N(CCCOC(C)C)C(=O)NC3c3ccc(C)cc3)n2)cc1. The zero-order chi connectivity index (χ0) is 24.9. The van der Waals surface area contributed by atoms with Crippen LogP contribution in [0.25, 0.3) is 17.0 Å². The van der Waals surface area contributed by atoms with Crippen molar-refractivity contribution >= 4 is 11.6 Å². The van der Waals surface area contributed by atoms with E-state index in [-0.39, 0.29) is 12.1 Å². The van der Waals surface area contributed by atoms with Crippen molar-refractivity contribution in [2.75, 3.05) is 20.3 Å². The van der Waals surface area contributed by atoms with Crippen LogP contribution in [-0.2, 0) is 4.74 Å². The number of amides is 2. The number of benzene rings is 2. The lowest BCUT2D eigenvalue weighted by atomic mass is 9.94. The van der Waals surface area contributed by atoms with Crippen molar-refractivity contribution in [2.24, 2.45) is 0 Å². The minimum atomic E-state index is -0.407. The predicted molar refractivity (Wildman–Crippen MR) is 134 cm³/mol. The van der Waals surface area contributed by atoms with Crippen molar-refractivity contribution in [1.82, 2.24) is 20.4 Å². The predicted octanol–water partition coefficient (Wildman–Crippen LogP) is 5.37. The number of carbonyl (C=O) groups excluding carboxylic acids is 1. The van der Waals surface area contributed by atoms with Crippen molar-refractivity contribution in [3.05, 3.63) is 71.2 Å². The number of hydrogen-bond donors (Lipinski definition) is 1. The first-order valence-corrected chi connectivity index (χ1v) is 11.8.